The molecule has 0 aromatic heterocycles. The Balaban J connectivity index is 1.26. The van der Waals surface area contributed by atoms with Gasteiger partial charge in [-0.2, -0.15) is 0 Å². The molecule has 0 aromatic rings. The van der Waals surface area contributed by atoms with Gasteiger partial charge in [-0.05, 0) is 97.2 Å². The van der Waals surface area contributed by atoms with Crippen LogP contribution in [0.5, 0.6) is 0 Å². The smallest absolute Gasteiger partial charge is 0.217 e. The van der Waals surface area contributed by atoms with Crippen molar-refractivity contribution >= 4 is 5.91 Å². The zero-order valence-electron chi connectivity index (χ0n) is 27.0. The Morgan fingerprint density at radius 3 is 2.40 bits per heavy atom. The highest BCUT2D eigenvalue weighted by Crippen LogP contribution is 2.67. The van der Waals surface area contributed by atoms with Crippen LogP contribution in [0.1, 0.15) is 106 Å². The van der Waals surface area contributed by atoms with Crippen LogP contribution in [0.2, 0.25) is 0 Å². The molecule has 7 nitrogen and oxygen atoms in total. The number of ether oxygens (including phenoxy) is 2. The first-order valence-corrected chi connectivity index (χ1v) is 17.1. The predicted molar refractivity (Wildman–Crippen MR) is 163 cm³/mol. The molecular formula is C35H59NO6. The number of nitrogens with one attached hydrogen (secondary N) is 1. The molecule has 0 aromatic carbocycles. The Bertz CT molecular complexity index is 971. The Labute approximate surface area is 254 Å². The first kappa shape index (κ1) is 32.4. The lowest BCUT2D eigenvalue weighted by atomic mass is 9.46. The number of rotatable bonds is 9. The highest BCUT2D eigenvalue weighted by Gasteiger charge is 2.60. The number of hydrogen-bond acceptors (Lipinski definition) is 6. The van der Waals surface area contributed by atoms with E-state index < -0.39 is 37.3 Å². The van der Waals surface area contributed by atoms with Crippen molar-refractivity contribution in [1.82, 2.24) is 5.32 Å². The maximum absolute atomic E-state index is 11.9. The summed E-state index contributed by atoms with van der Waals surface area (Å²) in [7, 11) is 0. The van der Waals surface area contributed by atoms with Gasteiger partial charge in [0.2, 0.25) is 5.91 Å². The molecule has 1 amide bonds. The molecule has 0 radical (unpaired) electrons. The van der Waals surface area contributed by atoms with Crippen molar-refractivity contribution in [2.75, 3.05) is 6.61 Å². The van der Waals surface area contributed by atoms with Crippen molar-refractivity contribution in [3.8, 4) is 0 Å². The first-order chi connectivity index (χ1) is 19.9. The van der Waals surface area contributed by atoms with Crippen molar-refractivity contribution in [3.05, 3.63) is 12.2 Å². The molecule has 4 aliphatic carbocycles. The maximum Gasteiger partial charge on any atom is 0.217 e. The molecule has 1 saturated heterocycles. The average molecular weight is 590 g/mol. The van der Waals surface area contributed by atoms with Gasteiger partial charge in [-0.1, -0.05) is 66.0 Å². The summed E-state index contributed by atoms with van der Waals surface area (Å²) < 4.78 is 12.3. The summed E-state index contributed by atoms with van der Waals surface area (Å²) in [6.07, 6.45) is 12.9. The van der Waals surface area contributed by atoms with Gasteiger partial charge in [0.15, 0.2) is 6.29 Å². The second-order valence-corrected chi connectivity index (χ2v) is 15.8. The van der Waals surface area contributed by atoms with Gasteiger partial charge in [0.05, 0.1) is 12.7 Å². The van der Waals surface area contributed by atoms with Crippen LogP contribution in [-0.2, 0) is 14.3 Å². The number of carbonyl (C=O) groups is 1. The lowest BCUT2D eigenvalue weighted by molar-refractivity contribution is -0.287. The monoisotopic (exact) mass is 589 g/mol. The van der Waals surface area contributed by atoms with Crippen LogP contribution in [0.3, 0.4) is 0 Å². The molecule has 5 rings (SSSR count). The van der Waals surface area contributed by atoms with E-state index in [9.17, 15) is 20.1 Å². The molecule has 4 fully saturated rings. The Hall–Kier alpha value is -0.990. The molecule has 4 N–H and O–H groups in total. The van der Waals surface area contributed by atoms with Gasteiger partial charge in [0, 0.05) is 6.92 Å². The van der Waals surface area contributed by atoms with E-state index in [2.05, 4.69) is 52.1 Å². The standard InChI is InChI=1S/C35H59NO6/c1-20(2)8-7-9-21(3)26-12-13-27-25-11-10-23-18-24(14-16-34(23,5)28(25)15-17-35(26,27)6)41-33-30(36-22(4)38)32(40)31(39)29(19-37)42-33/h10-11,20-21,23-33,37,39-40H,7-9,12-19H2,1-6H3,(H,36,38)/t21-,23+,24+,25-,26+,27-,28-,29+,30+,31+,32+,33+,34-,35+/m0/s1. The third-order valence-electron chi connectivity index (χ3n) is 12.9. The topological polar surface area (TPSA) is 108 Å². The number of aliphatic hydroxyl groups excluding tert-OH is 3. The summed E-state index contributed by atoms with van der Waals surface area (Å²) in [5, 5.41) is 33.5. The summed E-state index contributed by atoms with van der Waals surface area (Å²) in [5.74, 6) is 4.71. The highest BCUT2D eigenvalue weighted by atomic mass is 16.7. The second-order valence-electron chi connectivity index (χ2n) is 15.8. The summed E-state index contributed by atoms with van der Waals surface area (Å²) in [6, 6.07) is -0.890. The summed E-state index contributed by atoms with van der Waals surface area (Å²) in [4.78, 5) is 11.9. The lowest BCUT2D eigenvalue weighted by Crippen LogP contribution is -2.65. The minimum absolute atomic E-state index is 0.0799. The molecule has 14 atom stereocenters. The quantitative estimate of drug-likeness (QED) is 0.275. The Kier molecular flexibility index (Phi) is 9.86. The summed E-state index contributed by atoms with van der Waals surface area (Å²) in [6.45, 7) is 13.3. The van der Waals surface area contributed by atoms with Crippen LogP contribution in [0, 0.1) is 52.3 Å². The highest BCUT2D eigenvalue weighted by molar-refractivity contribution is 5.73. The number of amides is 1. The molecule has 3 saturated carbocycles. The van der Waals surface area contributed by atoms with Gasteiger partial charge in [0.25, 0.3) is 0 Å². The Morgan fingerprint density at radius 2 is 1.71 bits per heavy atom. The molecule has 0 spiro atoms. The molecule has 1 aliphatic heterocycles. The van der Waals surface area contributed by atoms with Crippen LogP contribution < -0.4 is 5.32 Å². The number of hydrogen-bond donors (Lipinski definition) is 4. The largest absolute Gasteiger partial charge is 0.394 e. The Morgan fingerprint density at radius 1 is 1.00 bits per heavy atom. The van der Waals surface area contributed by atoms with Gasteiger partial charge in [-0.3, -0.25) is 4.79 Å². The maximum atomic E-state index is 11.9. The van der Waals surface area contributed by atoms with E-state index in [1.54, 1.807) is 0 Å². The fourth-order valence-electron chi connectivity index (χ4n) is 10.5. The molecule has 42 heavy (non-hydrogen) atoms. The average Bonchev–Trinajstić information content (AvgIpc) is 3.29. The fraction of sp³-hybridized carbons (Fsp3) is 0.914. The molecule has 1 heterocycles. The third-order valence-corrected chi connectivity index (χ3v) is 12.9. The van der Waals surface area contributed by atoms with Gasteiger partial charge in [0.1, 0.15) is 24.4 Å². The van der Waals surface area contributed by atoms with E-state index in [4.69, 9.17) is 9.47 Å². The van der Waals surface area contributed by atoms with Crippen molar-refractivity contribution in [2.24, 2.45) is 52.3 Å². The molecule has 0 bridgehead atoms. The van der Waals surface area contributed by atoms with Crippen molar-refractivity contribution in [1.29, 1.82) is 0 Å². The number of carbonyl (C=O) groups excluding carboxylic acids is 1. The molecular weight excluding hydrogens is 530 g/mol. The number of fused-ring (bicyclic) bond motifs is 5. The summed E-state index contributed by atoms with van der Waals surface area (Å²) >= 11 is 0. The molecule has 7 heteroatoms. The minimum atomic E-state index is -1.30. The van der Waals surface area contributed by atoms with Crippen LogP contribution in [0.15, 0.2) is 12.2 Å². The first-order valence-electron chi connectivity index (χ1n) is 17.1. The normalized spacial score (nSPS) is 47.4. The zero-order valence-corrected chi connectivity index (χ0v) is 27.0. The number of aliphatic hydroxyl groups is 3. The lowest BCUT2D eigenvalue weighted by Gasteiger charge is -2.59. The van der Waals surface area contributed by atoms with Crippen LogP contribution in [-0.4, -0.2) is 64.6 Å². The predicted octanol–water partition coefficient (Wildman–Crippen LogP) is 5.21. The van der Waals surface area contributed by atoms with E-state index in [0.717, 1.165) is 42.9 Å². The molecule has 5 aliphatic rings. The van der Waals surface area contributed by atoms with Gasteiger partial charge in [-0.25, -0.2) is 0 Å². The van der Waals surface area contributed by atoms with E-state index >= 15 is 0 Å². The second kappa shape index (κ2) is 12.8. The van der Waals surface area contributed by atoms with E-state index in [0.29, 0.717) is 23.2 Å². The van der Waals surface area contributed by atoms with Crippen LogP contribution in [0.25, 0.3) is 0 Å². The van der Waals surface area contributed by atoms with Gasteiger partial charge in [-0.15, -0.1) is 0 Å². The van der Waals surface area contributed by atoms with Crippen LogP contribution >= 0.6 is 0 Å². The van der Waals surface area contributed by atoms with E-state index in [-0.39, 0.29) is 17.4 Å². The fourth-order valence-corrected chi connectivity index (χ4v) is 10.5. The SMILES string of the molecule is CC(=O)N[C@H]1[C@H](O[C@@H]2CC[C@@]3(C)[C@H](C=C[C@@H]4[C@@H]3CC[C@]3(C)[C@@H]([C@@H](C)CCCC(C)C)CC[C@@H]43)C2)O[C@H](CO)[C@@H](O)[C@@H]1O. The molecule has 0 unspecified atom stereocenters. The van der Waals surface area contributed by atoms with Crippen molar-refractivity contribution in [2.45, 2.75) is 142 Å². The summed E-state index contributed by atoms with van der Waals surface area (Å²) in [5.41, 5.74) is 0.702. The van der Waals surface area contributed by atoms with E-state index in [1.165, 1.54) is 51.9 Å². The minimum Gasteiger partial charge on any atom is -0.394 e. The zero-order chi connectivity index (χ0) is 30.4. The molecule has 240 valence electrons. The van der Waals surface area contributed by atoms with Crippen LogP contribution in [0.4, 0.5) is 0 Å². The van der Waals surface area contributed by atoms with E-state index in [1.807, 2.05) is 0 Å². The third kappa shape index (κ3) is 5.99. The van der Waals surface area contributed by atoms with Crippen molar-refractivity contribution in [3.63, 3.8) is 0 Å². The van der Waals surface area contributed by atoms with Crippen molar-refractivity contribution < 1.29 is 29.6 Å². The number of allylic oxidation sites excluding steroid dienone is 2. The van der Waals surface area contributed by atoms with Gasteiger partial charge >= 0.3 is 0 Å². The van der Waals surface area contributed by atoms with Gasteiger partial charge < -0.3 is 30.1 Å².